The van der Waals surface area contributed by atoms with Crippen molar-refractivity contribution in [3.05, 3.63) is 53.6 Å². The number of aryl methyl sites for hydroxylation is 1. The summed E-state index contributed by atoms with van der Waals surface area (Å²) >= 11 is 0. The topological polar surface area (TPSA) is 29.9 Å². The third-order valence-electron chi connectivity index (χ3n) is 4.02. The lowest BCUT2D eigenvalue weighted by Crippen LogP contribution is -2.41. The van der Waals surface area contributed by atoms with Crippen LogP contribution in [0.5, 0.6) is 0 Å². The van der Waals surface area contributed by atoms with Gasteiger partial charge in [-0.2, -0.15) is 5.10 Å². The lowest BCUT2D eigenvalue weighted by Gasteiger charge is -2.36. The van der Waals surface area contributed by atoms with E-state index in [1.165, 1.54) is 11.1 Å². The summed E-state index contributed by atoms with van der Waals surface area (Å²) in [5.41, 5.74) is 2.46. The van der Waals surface area contributed by atoms with Crippen LogP contribution in [0.25, 0.3) is 0 Å². The van der Waals surface area contributed by atoms with E-state index in [0.717, 1.165) is 25.9 Å². The van der Waals surface area contributed by atoms with Gasteiger partial charge in [0.1, 0.15) is 5.82 Å². The van der Waals surface area contributed by atoms with Gasteiger partial charge in [0, 0.05) is 18.8 Å². The molecule has 1 N–H and O–H groups in total. The molecule has 1 saturated carbocycles. The van der Waals surface area contributed by atoms with Gasteiger partial charge in [0.05, 0.1) is 12.7 Å². The molecule has 1 aliphatic carbocycles. The Morgan fingerprint density at radius 2 is 2.05 bits per heavy atom. The lowest BCUT2D eigenvalue weighted by molar-refractivity contribution is 0.286. The minimum Gasteiger partial charge on any atom is -0.312 e. The Morgan fingerprint density at radius 1 is 1.30 bits per heavy atom. The second-order valence-electron chi connectivity index (χ2n) is 5.65. The van der Waals surface area contributed by atoms with E-state index < -0.39 is 0 Å². The Hall–Kier alpha value is -1.68. The zero-order valence-corrected chi connectivity index (χ0v) is 11.7. The summed E-state index contributed by atoms with van der Waals surface area (Å²) in [5, 5.41) is 7.82. The lowest BCUT2D eigenvalue weighted by atomic mass is 9.76. The van der Waals surface area contributed by atoms with Gasteiger partial charge < -0.3 is 5.32 Å². The van der Waals surface area contributed by atoms with E-state index in [1.807, 2.05) is 23.0 Å². The first kappa shape index (κ1) is 13.3. The van der Waals surface area contributed by atoms with E-state index in [1.54, 1.807) is 12.1 Å². The summed E-state index contributed by atoms with van der Waals surface area (Å²) in [5.74, 6) is 0.428. The van der Waals surface area contributed by atoms with Gasteiger partial charge in [-0.3, -0.25) is 4.68 Å². The quantitative estimate of drug-likeness (QED) is 0.908. The largest absolute Gasteiger partial charge is 0.312 e. The Morgan fingerprint density at radius 3 is 2.70 bits per heavy atom. The normalized spacial score (nSPS) is 21.7. The number of hydrogen-bond donors (Lipinski definition) is 1. The van der Waals surface area contributed by atoms with Crippen LogP contribution in [0.1, 0.15) is 29.9 Å². The van der Waals surface area contributed by atoms with Crippen LogP contribution in [-0.2, 0) is 6.54 Å². The monoisotopic (exact) mass is 273 g/mol. The average Bonchev–Trinajstić information content (AvgIpc) is 2.80. The predicted octanol–water partition coefficient (Wildman–Crippen LogP) is 2.87. The van der Waals surface area contributed by atoms with Crippen molar-refractivity contribution in [2.45, 2.75) is 38.3 Å². The number of nitrogens with one attached hydrogen (secondary N) is 1. The van der Waals surface area contributed by atoms with Crippen LogP contribution in [0.2, 0.25) is 0 Å². The van der Waals surface area contributed by atoms with Crippen LogP contribution < -0.4 is 5.32 Å². The zero-order valence-electron chi connectivity index (χ0n) is 11.7. The number of nitrogens with zero attached hydrogens (tertiary/aromatic N) is 2. The molecule has 20 heavy (non-hydrogen) atoms. The first-order chi connectivity index (χ1) is 9.70. The molecule has 3 nitrogen and oxygen atoms in total. The molecule has 1 aromatic heterocycles. The third kappa shape index (κ3) is 3.07. The number of rotatable bonds is 5. The molecule has 4 heteroatoms. The Kier molecular flexibility index (Phi) is 3.83. The van der Waals surface area contributed by atoms with E-state index in [-0.39, 0.29) is 5.82 Å². The van der Waals surface area contributed by atoms with E-state index in [4.69, 9.17) is 0 Å². The van der Waals surface area contributed by atoms with Crippen molar-refractivity contribution in [2.75, 3.05) is 6.54 Å². The molecule has 3 rings (SSSR count). The molecule has 0 bridgehead atoms. The Balaban J connectivity index is 1.39. The van der Waals surface area contributed by atoms with Gasteiger partial charge in [-0.25, -0.2) is 4.39 Å². The molecule has 0 aliphatic heterocycles. The predicted molar refractivity (Wildman–Crippen MR) is 77.1 cm³/mol. The van der Waals surface area contributed by atoms with Crippen LogP contribution >= 0.6 is 0 Å². The molecule has 1 fully saturated rings. The summed E-state index contributed by atoms with van der Waals surface area (Å²) in [7, 11) is 0. The van der Waals surface area contributed by atoms with Crippen molar-refractivity contribution in [1.29, 1.82) is 0 Å². The van der Waals surface area contributed by atoms with Crippen LogP contribution in [0.3, 0.4) is 0 Å². The summed E-state index contributed by atoms with van der Waals surface area (Å²) < 4.78 is 14.8. The molecule has 2 aromatic rings. The van der Waals surface area contributed by atoms with E-state index in [0.29, 0.717) is 12.0 Å². The van der Waals surface area contributed by atoms with Gasteiger partial charge in [-0.1, -0.05) is 12.1 Å². The molecule has 0 unspecified atom stereocenters. The fourth-order valence-electron chi connectivity index (χ4n) is 2.76. The summed E-state index contributed by atoms with van der Waals surface area (Å²) in [6.45, 7) is 3.91. The summed E-state index contributed by atoms with van der Waals surface area (Å²) in [4.78, 5) is 0. The maximum atomic E-state index is 12.9. The molecule has 1 aromatic carbocycles. The van der Waals surface area contributed by atoms with Gasteiger partial charge in [0.15, 0.2) is 0 Å². The molecule has 1 heterocycles. The van der Waals surface area contributed by atoms with Crippen LogP contribution in [0, 0.1) is 12.7 Å². The van der Waals surface area contributed by atoms with Crippen molar-refractivity contribution in [1.82, 2.24) is 15.1 Å². The molecule has 0 spiro atoms. The standard InChI is InChI=1S/C16H20FN3/c1-12-10-19-20(11-12)7-6-18-16-8-14(9-16)13-2-4-15(17)5-3-13/h2-5,10-11,14,16,18H,6-9H2,1H3. The van der Waals surface area contributed by atoms with Crippen molar-refractivity contribution >= 4 is 0 Å². The van der Waals surface area contributed by atoms with E-state index >= 15 is 0 Å². The number of aromatic nitrogens is 2. The highest BCUT2D eigenvalue weighted by molar-refractivity contribution is 5.23. The average molecular weight is 273 g/mol. The van der Waals surface area contributed by atoms with Gasteiger partial charge in [-0.05, 0) is 48.9 Å². The molecule has 106 valence electrons. The highest BCUT2D eigenvalue weighted by Gasteiger charge is 2.29. The molecule has 0 atom stereocenters. The number of hydrogen-bond acceptors (Lipinski definition) is 2. The second-order valence-corrected chi connectivity index (χ2v) is 5.65. The fourth-order valence-corrected chi connectivity index (χ4v) is 2.76. The molecular weight excluding hydrogens is 253 g/mol. The van der Waals surface area contributed by atoms with Crippen LogP contribution in [-0.4, -0.2) is 22.4 Å². The maximum Gasteiger partial charge on any atom is 0.123 e. The molecule has 0 radical (unpaired) electrons. The van der Waals surface area contributed by atoms with Crippen LogP contribution in [0.4, 0.5) is 4.39 Å². The SMILES string of the molecule is Cc1cnn(CCNC2CC(c3ccc(F)cc3)C2)c1. The minimum absolute atomic E-state index is 0.155. The maximum absolute atomic E-state index is 12.9. The Labute approximate surface area is 118 Å². The number of halogens is 1. The first-order valence-corrected chi connectivity index (χ1v) is 7.18. The third-order valence-corrected chi connectivity index (χ3v) is 4.02. The fraction of sp³-hybridized carbons (Fsp3) is 0.438. The second kappa shape index (κ2) is 5.75. The zero-order chi connectivity index (χ0) is 13.9. The highest BCUT2D eigenvalue weighted by atomic mass is 19.1. The molecular formula is C16H20FN3. The smallest absolute Gasteiger partial charge is 0.123 e. The van der Waals surface area contributed by atoms with Gasteiger partial charge in [0.2, 0.25) is 0 Å². The van der Waals surface area contributed by atoms with Crippen molar-refractivity contribution in [3.8, 4) is 0 Å². The number of benzene rings is 1. The van der Waals surface area contributed by atoms with Gasteiger partial charge in [-0.15, -0.1) is 0 Å². The molecule has 1 aliphatic rings. The van der Waals surface area contributed by atoms with Crippen LogP contribution in [0.15, 0.2) is 36.7 Å². The van der Waals surface area contributed by atoms with Gasteiger partial charge >= 0.3 is 0 Å². The Bertz CT molecular complexity index is 555. The molecule has 0 amide bonds. The highest BCUT2D eigenvalue weighted by Crippen LogP contribution is 2.36. The first-order valence-electron chi connectivity index (χ1n) is 7.18. The van der Waals surface area contributed by atoms with E-state index in [9.17, 15) is 4.39 Å². The van der Waals surface area contributed by atoms with Crippen molar-refractivity contribution in [3.63, 3.8) is 0 Å². The summed E-state index contributed by atoms with van der Waals surface area (Å²) in [6, 6.07) is 7.50. The van der Waals surface area contributed by atoms with Crippen molar-refractivity contribution in [2.24, 2.45) is 0 Å². The molecule has 0 saturated heterocycles. The van der Waals surface area contributed by atoms with E-state index in [2.05, 4.69) is 23.5 Å². The summed E-state index contributed by atoms with van der Waals surface area (Å²) in [6.07, 6.45) is 6.23. The van der Waals surface area contributed by atoms with Crippen molar-refractivity contribution < 1.29 is 4.39 Å². The minimum atomic E-state index is -0.155. The van der Waals surface area contributed by atoms with Gasteiger partial charge in [0.25, 0.3) is 0 Å².